The number of nitrogens with zero attached hydrogens (tertiary/aromatic N) is 1. The molecule has 1 aromatic rings. The summed E-state index contributed by atoms with van der Waals surface area (Å²) in [6.45, 7) is 7.05. The minimum Gasteiger partial charge on any atom is -0.480 e. The number of hydrogen-bond donors (Lipinski definition) is 2. The van der Waals surface area contributed by atoms with E-state index >= 15 is 0 Å². The Hall–Kier alpha value is -2.04. The monoisotopic (exact) mass is 278 g/mol. The van der Waals surface area contributed by atoms with Gasteiger partial charge in [-0.15, -0.1) is 0 Å². The van der Waals surface area contributed by atoms with Crippen molar-refractivity contribution in [1.82, 2.24) is 4.90 Å². The third-order valence-electron chi connectivity index (χ3n) is 3.49. The normalized spacial score (nSPS) is 11.3. The fourth-order valence-corrected chi connectivity index (χ4v) is 1.71. The van der Waals surface area contributed by atoms with Crippen LogP contribution in [0.4, 0.5) is 10.5 Å². The summed E-state index contributed by atoms with van der Waals surface area (Å²) >= 11 is 0. The number of nitrogens with one attached hydrogen (secondary N) is 1. The van der Waals surface area contributed by atoms with Crippen molar-refractivity contribution in [3.63, 3.8) is 0 Å². The second kappa shape index (κ2) is 5.94. The molecule has 1 rings (SSSR count). The summed E-state index contributed by atoms with van der Waals surface area (Å²) < 4.78 is 0. The SMILES string of the molecule is CC(C)c1ccccc1NC(=O)N(C)C(C)(C)C(=O)O. The van der Waals surface area contributed by atoms with Crippen molar-refractivity contribution in [3.05, 3.63) is 29.8 Å². The maximum absolute atomic E-state index is 12.2. The lowest BCUT2D eigenvalue weighted by Gasteiger charge is -2.31. The van der Waals surface area contributed by atoms with Gasteiger partial charge < -0.3 is 15.3 Å². The molecule has 2 N–H and O–H groups in total. The molecule has 0 fully saturated rings. The number of carboxylic acid groups (broad SMARTS) is 1. The molecule has 5 heteroatoms. The molecular weight excluding hydrogens is 256 g/mol. The smallest absolute Gasteiger partial charge is 0.329 e. The van der Waals surface area contributed by atoms with E-state index in [-0.39, 0.29) is 5.92 Å². The van der Waals surface area contributed by atoms with Crippen LogP contribution in [0.1, 0.15) is 39.2 Å². The molecule has 0 spiro atoms. The first kappa shape index (κ1) is 16.0. The number of benzene rings is 1. The van der Waals surface area contributed by atoms with Gasteiger partial charge in [0.2, 0.25) is 0 Å². The average molecular weight is 278 g/mol. The number of carboxylic acids is 1. The predicted octanol–water partition coefficient (Wildman–Crippen LogP) is 3.14. The first-order valence-electron chi connectivity index (χ1n) is 6.55. The van der Waals surface area contributed by atoms with Crippen molar-refractivity contribution in [3.8, 4) is 0 Å². The quantitative estimate of drug-likeness (QED) is 0.889. The lowest BCUT2D eigenvalue weighted by Crippen LogP contribution is -2.52. The van der Waals surface area contributed by atoms with E-state index in [4.69, 9.17) is 5.11 Å². The summed E-state index contributed by atoms with van der Waals surface area (Å²) in [5, 5.41) is 11.9. The Labute approximate surface area is 119 Å². The molecule has 0 atom stereocenters. The Kier molecular flexibility index (Phi) is 4.76. The number of likely N-dealkylation sites (N-methyl/N-ethyl adjacent to an activating group) is 1. The summed E-state index contributed by atoms with van der Waals surface area (Å²) in [6, 6.07) is 7.07. The zero-order valence-corrected chi connectivity index (χ0v) is 12.6. The van der Waals surface area contributed by atoms with Crippen LogP contribution in [0.2, 0.25) is 0 Å². The molecule has 0 heterocycles. The van der Waals surface area contributed by atoms with Crippen LogP contribution < -0.4 is 5.32 Å². The number of carbonyl (C=O) groups is 2. The van der Waals surface area contributed by atoms with E-state index in [1.54, 1.807) is 0 Å². The summed E-state index contributed by atoms with van der Waals surface area (Å²) in [5.41, 5.74) is 0.458. The number of urea groups is 1. The third-order valence-corrected chi connectivity index (χ3v) is 3.49. The highest BCUT2D eigenvalue weighted by Crippen LogP contribution is 2.24. The van der Waals surface area contributed by atoms with Crippen LogP contribution in [0, 0.1) is 0 Å². The highest BCUT2D eigenvalue weighted by atomic mass is 16.4. The number of amides is 2. The summed E-state index contributed by atoms with van der Waals surface area (Å²) in [4.78, 5) is 24.5. The van der Waals surface area contributed by atoms with Crippen LogP contribution in [0.3, 0.4) is 0 Å². The van der Waals surface area contributed by atoms with Crippen molar-refractivity contribution in [2.24, 2.45) is 0 Å². The number of hydrogen-bond acceptors (Lipinski definition) is 2. The summed E-state index contributed by atoms with van der Waals surface area (Å²) in [7, 11) is 1.47. The van der Waals surface area contributed by atoms with Gasteiger partial charge in [-0.2, -0.15) is 0 Å². The van der Waals surface area contributed by atoms with Crippen LogP contribution in [0.5, 0.6) is 0 Å². The minimum absolute atomic E-state index is 0.268. The van der Waals surface area contributed by atoms with Gasteiger partial charge in [0, 0.05) is 12.7 Å². The van der Waals surface area contributed by atoms with Crippen molar-refractivity contribution in [2.45, 2.75) is 39.2 Å². The Morgan fingerprint density at radius 1 is 1.25 bits per heavy atom. The Balaban J connectivity index is 2.95. The Bertz CT molecular complexity index is 510. The van der Waals surface area contributed by atoms with Gasteiger partial charge in [0.15, 0.2) is 0 Å². The lowest BCUT2D eigenvalue weighted by atomic mass is 10.0. The molecule has 5 nitrogen and oxygen atoms in total. The van der Waals surface area contributed by atoms with Gasteiger partial charge in [-0.25, -0.2) is 9.59 Å². The van der Waals surface area contributed by atoms with Gasteiger partial charge in [0.25, 0.3) is 0 Å². The minimum atomic E-state index is -1.27. The fraction of sp³-hybridized carbons (Fsp3) is 0.467. The molecule has 0 saturated heterocycles. The number of anilines is 1. The van der Waals surface area contributed by atoms with Crippen molar-refractivity contribution in [1.29, 1.82) is 0 Å². The van der Waals surface area contributed by atoms with E-state index in [0.29, 0.717) is 5.69 Å². The topological polar surface area (TPSA) is 69.6 Å². The molecule has 110 valence electrons. The molecule has 20 heavy (non-hydrogen) atoms. The predicted molar refractivity (Wildman–Crippen MR) is 79.0 cm³/mol. The standard InChI is InChI=1S/C15H22N2O3/c1-10(2)11-8-6-7-9-12(11)16-14(20)17(5)15(3,4)13(18)19/h6-10H,1-5H3,(H,16,20)(H,18,19). The van der Waals surface area contributed by atoms with Gasteiger partial charge in [-0.3, -0.25) is 0 Å². The second-order valence-corrected chi connectivity index (χ2v) is 5.60. The molecule has 0 bridgehead atoms. The van der Waals surface area contributed by atoms with Gasteiger partial charge in [0.05, 0.1) is 0 Å². The Morgan fingerprint density at radius 2 is 1.80 bits per heavy atom. The summed E-state index contributed by atoms with van der Waals surface area (Å²) in [5.74, 6) is -0.781. The molecule has 0 aliphatic rings. The molecule has 0 unspecified atom stereocenters. The number of aliphatic carboxylic acids is 1. The summed E-state index contributed by atoms with van der Waals surface area (Å²) in [6.07, 6.45) is 0. The first-order chi connectivity index (χ1) is 9.17. The maximum atomic E-state index is 12.2. The van der Waals surface area contributed by atoms with Gasteiger partial charge >= 0.3 is 12.0 Å². The molecular formula is C15H22N2O3. The van der Waals surface area contributed by atoms with E-state index in [2.05, 4.69) is 5.32 Å². The van der Waals surface area contributed by atoms with E-state index in [1.165, 1.54) is 25.8 Å². The molecule has 2 amide bonds. The van der Waals surface area contributed by atoms with Crippen molar-refractivity contribution < 1.29 is 14.7 Å². The van der Waals surface area contributed by atoms with Crippen LogP contribution in [-0.2, 0) is 4.79 Å². The average Bonchev–Trinajstić information content (AvgIpc) is 2.37. The molecule has 0 aromatic heterocycles. The molecule has 0 saturated carbocycles. The van der Waals surface area contributed by atoms with Crippen LogP contribution in [-0.4, -0.2) is 34.6 Å². The van der Waals surface area contributed by atoms with E-state index in [0.717, 1.165) is 5.56 Å². The van der Waals surface area contributed by atoms with Gasteiger partial charge in [0.1, 0.15) is 5.54 Å². The van der Waals surface area contributed by atoms with Gasteiger partial charge in [-0.05, 0) is 31.4 Å². The van der Waals surface area contributed by atoms with Crippen molar-refractivity contribution >= 4 is 17.7 Å². The molecule has 0 aliphatic carbocycles. The lowest BCUT2D eigenvalue weighted by molar-refractivity contribution is -0.146. The third kappa shape index (κ3) is 3.29. The second-order valence-electron chi connectivity index (χ2n) is 5.60. The highest BCUT2D eigenvalue weighted by molar-refractivity contribution is 5.94. The van der Waals surface area contributed by atoms with Crippen molar-refractivity contribution in [2.75, 3.05) is 12.4 Å². The molecule has 1 aromatic carbocycles. The number of carbonyl (C=O) groups excluding carboxylic acids is 1. The maximum Gasteiger partial charge on any atom is 0.329 e. The molecule has 0 radical (unpaired) electrons. The number of para-hydroxylation sites is 1. The first-order valence-corrected chi connectivity index (χ1v) is 6.55. The van der Waals surface area contributed by atoms with E-state index < -0.39 is 17.5 Å². The van der Waals surface area contributed by atoms with E-state index in [1.807, 2.05) is 38.1 Å². The highest BCUT2D eigenvalue weighted by Gasteiger charge is 2.35. The van der Waals surface area contributed by atoms with Crippen LogP contribution >= 0.6 is 0 Å². The Morgan fingerprint density at radius 3 is 2.30 bits per heavy atom. The zero-order valence-electron chi connectivity index (χ0n) is 12.6. The number of rotatable bonds is 4. The van der Waals surface area contributed by atoms with Crippen LogP contribution in [0.25, 0.3) is 0 Å². The van der Waals surface area contributed by atoms with Gasteiger partial charge in [-0.1, -0.05) is 32.0 Å². The zero-order chi connectivity index (χ0) is 15.5. The molecule has 0 aliphatic heterocycles. The fourth-order valence-electron chi connectivity index (χ4n) is 1.71. The largest absolute Gasteiger partial charge is 0.480 e. The van der Waals surface area contributed by atoms with Crippen LogP contribution in [0.15, 0.2) is 24.3 Å². The van der Waals surface area contributed by atoms with E-state index in [9.17, 15) is 9.59 Å².